The van der Waals surface area contributed by atoms with Crippen LogP contribution >= 0.6 is 0 Å². The van der Waals surface area contributed by atoms with E-state index in [0.29, 0.717) is 11.5 Å². The summed E-state index contributed by atoms with van der Waals surface area (Å²) in [6.07, 6.45) is -0.996. The molecule has 2 heterocycles. The molecule has 1 aliphatic rings. The summed E-state index contributed by atoms with van der Waals surface area (Å²) in [5.74, 6) is -0.143. The average molecular weight is 221 g/mol. The zero-order valence-electron chi connectivity index (χ0n) is 8.46. The number of ketones is 1. The number of anilines is 1. The zero-order chi connectivity index (χ0) is 11.7. The van der Waals surface area contributed by atoms with E-state index in [0.717, 1.165) is 0 Å². The van der Waals surface area contributed by atoms with E-state index in [4.69, 9.17) is 10.8 Å². The highest BCUT2D eigenvalue weighted by molar-refractivity contribution is 5.97. The summed E-state index contributed by atoms with van der Waals surface area (Å²) in [7, 11) is 0. The summed E-state index contributed by atoms with van der Waals surface area (Å²) >= 11 is 0. The highest BCUT2D eigenvalue weighted by atomic mass is 16.4. The van der Waals surface area contributed by atoms with Gasteiger partial charge in [-0.05, 0) is 12.1 Å². The highest BCUT2D eigenvalue weighted by Crippen LogP contribution is 2.19. The topological polar surface area (TPSA) is 96.5 Å². The number of likely N-dealkylation sites (tertiary alicyclic amines) is 1. The lowest BCUT2D eigenvalue weighted by Gasteiger charge is -2.35. The standard InChI is InChI=1S/C10H11N3O3/c11-8-3-1-2-7(12-8)9(14)6-4-13(5-6)10(15)16/h1-3,6H,4-5H2,(H2,11,12)(H,15,16). The number of nitrogen functional groups attached to an aromatic ring is 1. The second-order valence-electron chi connectivity index (χ2n) is 3.70. The van der Waals surface area contributed by atoms with Crippen LogP contribution in [0, 0.1) is 5.92 Å². The maximum Gasteiger partial charge on any atom is 0.407 e. The van der Waals surface area contributed by atoms with E-state index in [2.05, 4.69) is 4.98 Å². The second-order valence-corrected chi connectivity index (χ2v) is 3.70. The van der Waals surface area contributed by atoms with Crippen LogP contribution in [-0.4, -0.2) is 40.0 Å². The van der Waals surface area contributed by atoms with Gasteiger partial charge in [0.25, 0.3) is 0 Å². The fourth-order valence-electron chi connectivity index (χ4n) is 1.60. The third kappa shape index (κ3) is 1.81. The molecule has 2 rings (SSSR count). The molecule has 1 fully saturated rings. The Morgan fingerprint density at radius 1 is 1.44 bits per heavy atom. The Morgan fingerprint density at radius 3 is 2.69 bits per heavy atom. The van der Waals surface area contributed by atoms with Crippen LogP contribution in [0.2, 0.25) is 0 Å². The molecule has 0 bridgehead atoms. The lowest BCUT2D eigenvalue weighted by molar-refractivity contribution is 0.0606. The van der Waals surface area contributed by atoms with Crippen LogP contribution in [0.1, 0.15) is 10.5 Å². The summed E-state index contributed by atoms with van der Waals surface area (Å²) < 4.78 is 0. The largest absolute Gasteiger partial charge is 0.465 e. The quantitative estimate of drug-likeness (QED) is 0.707. The fraction of sp³-hybridized carbons (Fsp3) is 0.300. The molecule has 16 heavy (non-hydrogen) atoms. The van der Waals surface area contributed by atoms with Crippen molar-refractivity contribution >= 4 is 17.7 Å². The zero-order valence-corrected chi connectivity index (χ0v) is 8.46. The van der Waals surface area contributed by atoms with Crippen molar-refractivity contribution in [1.82, 2.24) is 9.88 Å². The molecule has 1 aliphatic heterocycles. The van der Waals surface area contributed by atoms with Gasteiger partial charge in [0, 0.05) is 13.1 Å². The molecular formula is C10H11N3O3. The Morgan fingerprint density at radius 2 is 2.12 bits per heavy atom. The number of carboxylic acid groups (broad SMARTS) is 1. The first kappa shape index (κ1) is 10.4. The Labute approximate surface area is 91.7 Å². The van der Waals surface area contributed by atoms with Gasteiger partial charge in [0.1, 0.15) is 11.5 Å². The molecule has 1 saturated heterocycles. The van der Waals surface area contributed by atoms with E-state index in [1.165, 1.54) is 4.90 Å². The van der Waals surface area contributed by atoms with Crippen molar-refractivity contribution < 1.29 is 14.7 Å². The molecule has 1 amide bonds. The third-order valence-electron chi connectivity index (χ3n) is 2.55. The van der Waals surface area contributed by atoms with Crippen molar-refractivity contribution in [3.63, 3.8) is 0 Å². The number of hydrogen-bond acceptors (Lipinski definition) is 4. The maximum atomic E-state index is 11.8. The Kier molecular flexibility index (Phi) is 2.47. The number of hydrogen-bond donors (Lipinski definition) is 2. The molecule has 6 heteroatoms. The van der Waals surface area contributed by atoms with Crippen LogP contribution in [0.25, 0.3) is 0 Å². The molecule has 0 saturated carbocycles. The number of nitrogens with zero attached hydrogens (tertiary/aromatic N) is 2. The van der Waals surface area contributed by atoms with E-state index in [1.54, 1.807) is 18.2 Å². The number of nitrogens with two attached hydrogens (primary N) is 1. The van der Waals surface area contributed by atoms with Gasteiger partial charge >= 0.3 is 6.09 Å². The molecule has 84 valence electrons. The van der Waals surface area contributed by atoms with Gasteiger partial charge in [0.15, 0.2) is 5.78 Å². The minimum atomic E-state index is -0.996. The van der Waals surface area contributed by atoms with Crippen molar-refractivity contribution in [2.24, 2.45) is 5.92 Å². The minimum Gasteiger partial charge on any atom is -0.465 e. The monoisotopic (exact) mass is 221 g/mol. The van der Waals surface area contributed by atoms with Crippen molar-refractivity contribution in [3.05, 3.63) is 23.9 Å². The smallest absolute Gasteiger partial charge is 0.407 e. The van der Waals surface area contributed by atoms with E-state index in [9.17, 15) is 9.59 Å². The average Bonchev–Trinajstić information content (AvgIpc) is 2.14. The lowest BCUT2D eigenvalue weighted by Crippen LogP contribution is -2.52. The number of carbonyl (C=O) groups is 2. The van der Waals surface area contributed by atoms with Gasteiger partial charge in [-0.3, -0.25) is 4.79 Å². The van der Waals surface area contributed by atoms with Crippen molar-refractivity contribution in [3.8, 4) is 0 Å². The van der Waals surface area contributed by atoms with Crippen LogP contribution in [0.15, 0.2) is 18.2 Å². The third-order valence-corrected chi connectivity index (χ3v) is 2.55. The summed E-state index contributed by atoms with van der Waals surface area (Å²) in [6.45, 7) is 0.481. The summed E-state index contributed by atoms with van der Waals surface area (Å²) in [4.78, 5) is 27.4. The van der Waals surface area contributed by atoms with Crippen molar-refractivity contribution in [1.29, 1.82) is 0 Å². The van der Waals surface area contributed by atoms with Gasteiger partial charge in [0.2, 0.25) is 0 Å². The van der Waals surface area contributed by atoms with Crippen molar-refractivity contribution in [2.75, 3.05) is 18.8 Å². The van der Waals surface area contributed by atoms with Gasteiger partial charge in [0.05, 0.1) is 5.92 Å². The molecule has 1 aromatic rings. The highest BCUT2D eigenvalue weighted by Gasteiger charge is 2.36. The van der Waals surface area contributed by atoms with Gasteiger partial charge in [-0.25, -0.2) is 9.78 Å². The Hall–Kier alpha value is -2.11. The predicted molar refractivity (Wildman–Crippen MR) is 56.1 cm³/mol. The SMILES string of the molecule is Nc1cccc(C(=O)C2CN(C(=O)O)C2)n1. The molecule has 0 unspecified atom stereocenters. The number of carbonyl (C=O) groups excluding carboxylic acids is 1. The lowest BCUT2D eigenvalue weighted by atomic mass is 9.93. The van der Waals surface area contributed by atoms with Crippen LogP contribution in [0.4, 0.5) is 10.6 Å². The van der Waals surface area contributed by atoms with Crippen LogP contribution in [-0.2, 0) is 0 Å². The molecule has 1 aromatic heterocycles. The van der Waals surface area contributed by atoms with E-state index >= 15 is 0 Å². The molecule has 0 radical (unpaired) electrons. The first-order valence-electron chi connectivity index (χ1n) is 4.82. The minimum absolute atomic E-state index is 0.148. The predicted octanol–water partition coefficient (Wildman–Crippen LogP) is 0.456. The first-order chi connectivity index (χ1) is 7.58. The molecule has 0 spiro atoms. The summed E-state index contributed by atoms with van der Waals surface area (Å²) in [5.41, 5.74) is 5.76. The molecule has 0 aromatic carbocycles. The van der Waals surface area contributed by atoms with Crippen LogP contribution < -0.4 is 5.73 Å². The van der Waals surface area contributed by atoms with Crippen LogP contribution in [0.5, 0.6) is 0 Å². The molecule has 0 atom stereocenters. The summed E-state index contributed by atoms with van der Waals surface area (Å²) in [5, 5.41) is 8.63. The Balaban J connectivity index is 2.03. The number of amides is 1. The molecule has 0 aliphatic carbocycles. The number of pyridine rings is 1. The first-order valence-corrected chi connectivity index (χ1v) is 4.82. The fourth-order valence-corrected chi connectivity index (χ4v) is 1.60. The van der Waals surface area contributed by atoms with Gasteiger partial charge in [-0.1, -0.05) is 6.07 Å². The van der Waals surface area contributed by atoms with Crippen LogP contribution in [0.3, 0.4) is 0 Å². The van der Waals surface area contributed by atoms with Gasteiger partial charge < -0.3 is 15.7 Å². The molecule has 6 nitrogen and oxygen atoms in total. The number of Topliss-reactive ketones (excluding diaryl/α,β-unsaturated/α-hetero) is 1. The normalized spacial score (nSPS) is 15.6. The number of aromatic nitrogens is 1. The Bertz CT molecular complexity index is 441. The number of rotatable bonds is 2. The van der Waals surface area contributed by atoms with Gasteiger partial charge in [-0.15, -0.1) is 0 Å². The van der Waals surface area contributed by atoms with Gasteiger partial charge in [-0.2, -0.15) is 0 Å². The van der Waals surface area contributed by atoms with E-state index in [1.807, 2.05) is 0 Å². The molecule has 3 N–H and O–H groups in total. The van der Waals surface area contributed by atoms with E-state index in [-0.39, 0.29) is 24.8 Å². The molecular weight excluding hydrogens is 210 g/mol. The van der Waals surface area contributed by atoms with E-state index < -0.39 is 6.09 Å². The summed E-state index contributed by atoms with van der Waals surface area (Å²) in [6, 6.07) is 4.84. The second kappa shape index (κ2) is 3.80. The maximum absolute atomic E-state index is 11.8. The van der Waals surface area contributed by atoms with Crippen molar-refractivity contribution in [2.45, 2.75) is 0 Å².